The lowest BCUT2D eigenvalue weighted by Gasteiger charge is -2.54. The Balaban J connectivity index is 1.18. The van der Waals surface area contributed by atoms with Crippen molar-refractivity contribution in [1.29, 1.82) is 0 Å². The molecule has 5 fully saturated rings. The smallest absolute Gasteiger partial charge is 0.422 e. The topological polar surface area (TPSA) is 114 Å². The standard InChI is InChI=1S/C38H43F3N8O3/c1-4-29(50)49-19-37(20-49)9-11-46(12-10-37)34-26-13-25(23-6-7-23)31(30-22(2)5-8-28-27(30)14-42-45-28)33(52-21-38(39,40)41)32(26)43-35(44-34)47-15-24(16-47)48-17-36(3,51)18-48/h4-5,8,13-14,23-24,51H,1,6-7,9-12,15-21H2,2-3H3,(H,42,45). The summed E-state index contributed by atoms with van der Waals surface area (Å²) in [6.45, 7) is 11.3. The van der Waals surface area contributed by atoms with Gasteiger partial charge in [0.05, 0.1) is 17.3 Å². The molecule has 0 unspecified atom stereocenters. The molecule has 2 aromatic heterocycles. The molecule has 2 N–H and O–H groups in total. The number of amides is 1. The number of aryl methyl sites for hydroxylation is 1. The number of nitrogens with one attached hydrogen (secondary N) is 1. The summed E-state index contributed by atoms with van der Waals surface area (Å²) < 4.78 is 48.1. The molecule has 1 aliphatic carbocycles. The van der Waals surface area contributed by atoms with Gasteiger partial charge in [0.2, 0.25) is 11.9 Å². The number of ether oxygens (including phenoxy) is 1. The molecule has 52 heavy (non-hydrogen) atoms. The molecule has 1 amide bonds. The van der Waals surface area contributed by atoms with Crippen LogP contribution in [0.5, 0.6) is 5.75 Å². The van der Waals surface area contributed by atoms with Crippen molar-refractivity contribution in [1.82, 2.24) is 30.0 Å². The third-order valence-corrected chi connectivity index (χ3v) is 11.8. The minimum absolute atomic E-state index is 0.0398. The third kappa shape index (κ3) is 5.74. The Morgan fingerprint density at radius 1 is 1.08 bits per heavy atom. The van der Waals surface area contributed by atoms with Crippen molar-refractivity contribution in [2.75, 3.05) is 68.8 Å². The number of alkyl halides is 3. The van der Waals surface area contributed by atoms with Crippen LogP contribution in [0.15, 0.2) is 37.1 Å². The quantitative estimate of drug-likeness (QED) is 0.239. The molecular weight excluding hydrogens is 673 g/mol. The molecule has 6 heterocycles. The van der Waals surface area contributed by atoms with Crippen LogP contribution in [0.25, 0.3) is 32.9 Å². The number of anilines is 2. The minimum Gasteiger partial charge on any atom is -0.481 e. The second-order valence-electron chi connectivity index (χ2n) is 16.0. The summed E-state index contributed by atoms with van der Waals surface area (Å²) in [4.78, 5) is 30.9. The number of aromatic amines is 1. The van der Waals surface area contributed by atoms with Gasteiger partial charge in [-0.25, -0.2) is 4.98 Å². The molecule has 1 saturated carbocycles. The van der Waals surface area contributed by atoms with E-state index in [1.807, 2.05) is 30.9 Å². The number of hydrogen-bond donors (Lipinski definition) is 2. The lowest BCUT2D eigenvalue weighted by molar-refractivity contribution is -0.153. The summed E-state index contributed by atoms with van der Waals surface area (Å²) in [6.07, 6.45) is 2.10. The number of carbonyl (C=O) groups excluding carboxylic acids is 1. The second kappa shape index (κ2) is 11.8. The van der Waals surface area contributed by atoms with E-state index in [-0.39, 0.29) is 29.0 Å². The van der Waals surface area contributed by atoms with Crippen molar-refractivity contribution >= 4 is 39.5 Å². The van der Waals surface area contributed by atoms with Crippen molar-refractivity contribution in [3.8, 4) is 16.9 Å². The number of benzene rings is 2. The fourth-order valence-electron chi connectivity index (χ4n) is 8.83. The van der Waals surface area contributed by atoms with Crippen molar-refractivity contribution in [2.45, 2.75) is 63.3 Å². The molecule has 2 aromatic carbocycles. The Kier molecular flexibility index (Phi) is 7.57. The van der Waals surface area contributed by atoms with Crippen molar-refractivity contribution in [2.24, 2.45) is 5.41 Å². The highest BCUT2D eigenvalue weighted by molar-refractivity contribution is 6.06. The Hall–Kier alpha value is -4.43. The van der Waals surface area contributed by atoms with E-state index in [1.54, 1.807) is 6.20 Å². The van der Waals surface area contributed by atoms with E-state index in [0.29, 0.717) is 80.6 Å². The number of nitrogens with zero attached hydrogens (tertiary/aromatic N) is 7. The zero-order valence-corrected chi connectivity index (χ0v) is 29.5. The first-order valence-corrected chi connectivity index (χ1v) is 18.2. The number of carbonyl (C=O) groups is 1. The number of aromatic nitrogens is 4. The van der Waals surface area contributed by atoms with Gasteiger partial charge in [-0.2, -0.15) is 23.3 Å². The van der Waals surface area contributed by atoms with Crippen LogP contribution >= 0.6 is 0 Å². The number of piperidine rings is 1. The van der Waals surface area contributed by atoms with Crippen molar-refractivity contribution in [3.05, 3.63) is 48.2 Å². The number of hydrogen-bond acceptors (Lipinski definition) is 9. The summed E-state index contributed by atoms with van der Waals surface area (Å²) in [5.74, 6) is 1.40. The summed E-state index contributed by atoms with van der Waals surface area (Å²) in [5, 5.41) is 19.1. The zero-order chi connectivity index (χ0) is 36.2. The minimum atomic E-state index is -4.57. The monoisotopic (exact) mass is 716 g/mol. The maximum absolute atomic E-state index is 14.1. The number of β-amino-alcohol motifs (C(OH)–C–C–N with tert-alkyl or cyclic N) is 1. The summed E-state index contributed by atoms with van der Waals surface area (Å²) in [7, 11) is 0. The molecule has 0 bridgehead atoms. The Morgan fingerprint density at radius 2 is 1.81 bits per heavy atom. The number of likely N-dealkylation sites (tertiary alicyclic amines) is 2. The van der Waals surface area contributed by atoms with E-state index in [9.17, 15) is 23.1 Å². The SMILES string of the molecule is C=CC(=O)N1CC2(CCN(c3nc(N4CC(N5CC(C)(O)C5)C4)nc4c(OCC(F)(F)F)c(-c5c(C)ccc6[nH]ncc56)c(C5CC5)cc34)CC2)C1. The number of aliphatic hydroxyl groups is 1. The molecule has 1 spiro atoms. The summed E-state index contributed by atoms with van der Waals surface area (Å²) in [6, 6.07) is 6.23. The van der Waals surface area contributed by atoms with Crippen molar-refractivity contribution in [3.63, 3.8) is 0 Å². The fraction of sp³-hybridized carbons (Fsp3) is 0.526. The molecule has 14 heteroatoms. The number of fused-ring (bicyclic) bond motifs is 2. The van der Waals surface area contributed by atoms with Crippen LogP contribution in [0.3, 0.4) is 0 Å². The van der Waals surface area contributed by atoms with Gasteiger partial charge in [-0.15, -0.1) is 0 Å². The van der Waals surface area contributed by atoms with Gasteiger partial charge in [0.1, 0.15) is 11.3 Å². The van der Waals surface area contributed by atoms with Gasteiger partial charge in [0, 0.05) is 80.2 Å². The van der Waals surface area contributed by atoms with Crippen LogP contribution in [0.1, 0.15) is 49.7 Å². The molecule has 0 radical (unpaired) electrons. The highest BCUT2D eigenvalue weighted by atomic mass is 19.4. The maximum Gasteiger partial charge on any atom is 0.422 e. The van der Waals surface area contributed by atoms with Crippen LogP contribution in [-0.2, 0) is 4.79 Å². The van der Waals surface area contributed by atoms with Crippen LogP contribution in [0.4, 0.5) is 24.9 Å². The first-order chi connectivity index (χ1) is 24.8. The molecule has 0 atom stereocenters. The molecule has 4 aromatic rings. The van der Waals surface area contributed by atoms with Crippen LogP contribution in [0.2, 0.25) is 0 Å². The second-order valence-corrected chi connectivity index (χ2v) is 16.0. The predicted octanol–water partition coefficient (Wildman–Crippen LogP) is 5.17. The van der Waals surface area contributed by atoms with Crippen LogP contribution in [-0.4, -0.2) is 118 Å². The maximum atomic E-state index is 14.1. The first kappa shape index (κ1) is 33.4. The predicted molar refractivity (Wildman–Crippen MR) is 192 cm³/mol. The average Bonchev–Trinajstić information content (AvgIpc) is 3.80. The van der Waals surface area contributed by atoms with Crippen LogP contribution < -0.4 is 14.5 Å². The van der Waals surface area contributed by atoms with E-state index in [4.69, 9.17) is 14.7 Å². The fourth-order valence-corrected chi connectivity index (χ4v) is 8.83. The zero-order valence-electron chi connectivity index (χ0n) is 29.5. The van der Waals surface area contributed by atoms with Gasteiger partial charge < -0.3 is 24.5 Å². The van der Waals surface area contributed by atoms with Gasteiger partial charge in [-0.05, 0) is 80.3 Å². The lowest BCUT2D eigenvalue weighted by atomic mass is 9.72. The molecular formula is C38H43F3N8O3. The van der Waals surface area contributed by atoms with Crippen molar-refractivity contribution < 1.29 is 27.8 Å². The molecule has 9 rings (SSSR count). The average molecular weight is 717 g/mol. The molecule has 4 saturated heterocycles. The molecule has 11 nitrogen and oxygen atoms in total. The lowest BCUT2D eigenvalue weighted by Crippen LogP contribution is -2.70. The number of halogens is 3. The molecule has 5 aliphatic rings. The number of rotatable bonds is 8. The Morgan fingerprint density at radius 3 is 2.46 bits per heavy atom. The Labute approximate surface area is 299 Å². The summed E-state index contributed by atoms with van der Waals surface area (Å²) in [5.41, 5.74) is 3.79. The van der Waals surface area contributed by atoms with E-state index in [0.717, 1.165) is 53.3 Å². The third-order valence-electron chi connectivity index (χ3n) is 11.8. The molecule has 274 valence electrons. The highest BCUT2D eigenvalue weighted by Gasteiger charge is 2.48. The molecule has 4 aliphatic heterocycles. The van der Waals surface area contributed by atoms with Gasteiger partial charge in [0.25, 0.3) is 0 Å². The van der Waals surface area contributed by atoms with Gasteiger partial charge in [-0.3, -0.25) is 14.8 Å². The van der Waals surface area contributed by atoms with E-state index >= 15 is 0 Å². The van der Waals surface area contributed by atoms with E-state index in [2.05, 4.69) is 37.5 Å². The first-order valence-electron chi connectivity index (χ1n) is 18.2. The van der Waals surface area contributed by atoms with E-state index < -0.39 is 18.4 Å². The van der Waals surface area contributed by atoms with E-state index in [1.165, 1.54) is 6.08 Å². The highest BCUT2D eigenvalue weighted by Crippen LogP contribution is 2.53. The van der Waals surface area contributed by atoms with Gasteiger partial charge in [0.15, 0.2) is 12.4 Å². The summed E-state index contributed by atoms with van der Waals surface area (Å²) >= 11 is 0. The Bertz CT molecular complexity index is 2080. The normalized spacial score (nSPS) is 21.7. The van der Waals surface area contributed by atoms with Gasteiger partial charge in [-0.1, -0.05) is 12.6 Å². The number of H-pyrrole nitrogens is 1. The largest absolute Gasteiger partial charge is 0.481 e. The van der Waals surface area contributed by atoms with Crippen LogP contribution in [0, 0.1) is 12.3 Å². The van der Waals surface area contributed by atoms with Gasteiger partial charge >= 0.3 is 6.18 Å².